The van der Waals surface area contributed by atoms with Gasteiger partial charge < -0.3 is 14.2 Å². The Kier molecular flexibility index (Phi) is 4.65. The van der Waals surface area contributed by atoms with Crippen molar-refractivity contribution in [2.75, 3.05) is 13.7 Å². The third-order valence-corrected chi connectivity index (χ3v) is 4.77. The van der Waals surface area contributed by atoms with E-state index in [0.717, 1.165) is 11.1 Å². The highest BCUT2D eigenvalue weighted by Crippen LogP contribution is 2.31. The van der Waals surface area contributed by atoms with E-state index < -0.39 is 5.97 Å². The second-order valence-corrected chi connectivity index (χ2v) is 6.49. The van der Waals surface area contributed by atoms with Crippen molar-refractivity contribution in [1.29, 1.82) is 0 Å². The number of fused-ring (bicyclic) bond motifs is 1. The van der Waals surface area contributed by atoms with E-state index in [-0.39, 0.29) is 11.7 Å². The minimum absolute atomic E-state index is 0.192. The van der Waals surface area contributed by atoms with Gasteiger partial charge in [0.15, 0.2) is 5.76 Å². The van der Waals surface area contributed by atoms with Crippen molar-refractivity contribution in [2.45, 2.75) is 13.0 Å². The molecule has 7 heteroatoms. The number of carbonyl (C=O) groups is 2. The Morgan fingerprint density at radius 2 is 1.89 bits per heavy atom. The minimum Gasteiger partial charge on any atom is -0.465 e. The SMILES string of the molecule is COC(=O)c1cccc(C(=O)N2CCc3c(noc3-c3ccc(F)cc3)C2)c1. The van der Waals surface area contributed by atoms with Crippen LogP contribution in [0, 0.1) is 5.82 Å². The molecular formula is C21H17FN2O4. The molecule has 0 aliphatic carbocycles. The summed E-state index contributed by atoms with van der Waals surface area (Å²) in [6.45, 7) is 0.797. The van der Waals surface area contributed by atoms with E-state index in [1.165, 1.54) is 25.3 Å². The molecule has 0 saturated heterocycles. The third kappa shape index (κ3) is 3.26. The lowest BCUT2D eigenvalue weighted by atomic mass is 10.00. The number of amides is 1. The van der Waals surface area contributed by atoms with Crippen molar-refractivity contribution >= 4 is 11.9 Å². The molecule has 1 aliphatic heterocycles. The lowest BCUT2D eigenvalue weighted by molar-refractivity contribution is 0.0600. The molecule has 0 spiro atoms. The van der Waals surface area contributed by atoms with Gasteiger partial charge in [0.2, 0.25) is 0 Å². The third-order valence-electron chi connectivity index (χ3n) is 4.77. The van der Waals surface area contributed by atoms with Gasteiger partial charge in [-0.3, -0.25) is 4.79 Å². The molecule has 3 aromatic rings. The molecule has 0 atom stereocenters. The topological polar surface area (TPSA) is 72.6 Å². The summed E-state index contributed by atoms with van der Waals surface area (Å²) in [5, 5.41) is 4.10. The van der Waals surface area contributed by atoms with Crippen molar-refractivity contribution in [3.05, 3.63) is 76.7 Å². The molecule has 28 heavy (non-hydrogen) atoms. The van der Waals surface area contributed by atoms with Gasteiger partial charge in [-0.15, -0.1) is 0 Å². The van der Waals surface area contributed by atoms with Gasteiger partial charge in [-0.05, 0) is 48.9 Å². The number of methoxy groups -OCH3 is 1. The lowest BCUT2D eigenvalue weighted by Gasteiger charge is -2.26. The van der Waals surface area contributed by atoms with Crippen LogP contribution in [-0.2, 0) is 17.7 Å². The Hall–Kier alpha value is -3.48. The second kappa shape index (κ2) is 7.26. The number of carbonyl (C=O) groups excluding carboxylic acids is 2. The fraction of sp³-hybridized carbons (Fsp3) is 0.190. The highest BCUT2D eigenvalue weighted by Gasteiger charge is 2.28. The molecule has 1 aromatic heterocycles. The number of aromatic nitrogens is 1. The van der Waals surface area contributed by atoms with E-state index in [2.05, 4.69) is 5.16 Å². The van der Waals surface area contributed by atoms with E-state index in [1.807, 2.05) is 0 Å². The van der Waals surface area contributed by atoms with Crippen molar-refractivity contribution in [1.82, 2.24) is 10.1 Å². The van der Waals surface area contributed by atoms with Gasteiger partial charge in [0.25, 0.3) is 5.91 Å². The van der Waals surface area contributed by atoms with Crippen LogP contribution < -0.4 is 0 Å². The summed E-state index contributed by atoms with van der Waals surface area (Å²) in [6.07, 6.45) is 0.577. The van der Waals surface area contributed by atoms with E-state index >= 15 is 0 Å². The molecule has 0 unspecified atom stereocenters. The quantitative estimate of drug-likeness (QED) is 0.651. The van der Waals surface area contributed by atoms with Crippen LogP contribution in [-0.4, -0.2) is 35.6 Å². The Bertz CT molecular complexity index is 1040. The number of halogens is 1. The van der Waals surface area contributed by atoms with Gasteiger partial charge in [0.05, 0.1) is 19.2 Å². The number of benzene rings is 2. The molecule has 2 aromatic carbocycles. The summed E-state index contributed by atoms with van der Waals surface area (Å²) in [6, 6.07) is 12.5. The Morgan fingerprint density at radius 1 is 1.14 bits per heavy atom. The van der Waals surface area contributed by atoms with Crippen LogP contribution in [0.5, 0.6) is 0 Å². The zero-order chi connectivity index (χ0) is 19.7. The fourth-order valence-electron chi connectivity index (χ4n) is 3.31. The lowest BCUT2D eigenvalue weighted by Crippen LogP contribution is -2.36. The zero-order valence-corrected chi connectivity index (χ0v) is 15.1. The normalized spacial score (nSPS) is 13.1. The van der Waals surface area contributed by atoms with Crippen LogP contribution in [0.2, 0.25) is 0 Å². The van der Waals surface area contributed by atoms with Gasteiger partial charge in [-0.1, -0.05) is 11.2 Å². The Morgan fingerprint density at radius 3 is 2.64 bits per heavy atom. The first kappa shape index (κ1) is 17.9. The number of rotatable bonds is 3. The molecular weight excluding hydrogens is 363 g/mol. The molecule has 0 N–H and O–H groups in total. The maximum atomic E-state index is 13.2. The predicted molar refractivity (Wildman–Crippen MR) is 98.1 cm³/mol. The molecule has 0 radical (unpaired) electrons. The van der Waals surface area contributed by atoms with E-state index in [9.17, 15) is 14.0 Å². The summed E-state index contributed by atoms with van der Waals surface area (Å²) in [7, 11) is 1.30. The van der Waals surface area contributed by atoms with Gasteiger partial charge in [-0.25, -0.2) is 9.18 Å². The predicted octanol–water partition coefficient (Wildman–Crippen LogP) is 3.47. The van der Waals surface area contributed by atoms with Crippen molar-refractivity contribution < 1.29 is 23.2 Å². The van der Waals surface area contributed by atoms with Crippen LogP contribution in [0.3, 0.4) is 0 Å². The summed E-state index contributed by atoms with van der Waals surface area (Å²) < 4.78 is 23.3. The summed E-state index contributed by atoms with van der Waals surface area (Å²) in [5.41, 5.74) is 3.10. The van der Waals surface area contributed by atoms with Crippen LogP contribution in [0.25, 0.3) is 11.3 Å². The van der Waals surface area contributed by atoms with Crippen molar-refractivity contribution in [2.24, 2.45) is 0 Å². The average Bonchev–Trinajstić information content (AvgIpc) is 3.16. The maximum Gasteiger partial charge on any atom is 0.337 e. The summed E-state index contributed by atoms with van der Waals surface area (Å²) in [5.74, 6) is -0.392. The maximum absolute atomic E-state index is 13.2. The molecule has 1 aliphatic rings. The summed E-state index contributed by atoms with van der Waals surface area (Å²) >= 11 is 0. The zero-order valence-electron chi connectivity index (χ0n) is 15.1. The molecule has 1 amide bonds. The number of hydrogen-bond donors (Lipinski definition) is 0. The van der Waals surface area contributed by atoms with Gasteiger partial charge in [0.1, 0.15) is 11.5 Å². The number of hydrogen-bond acceptors (Lipinski definition) is 5. The number of ether oxygens (including phenoxy) is 1. The van der Waals surface area contributed by atoms with Crippen molar-refractivity contribution in [3.8, 4) is 11.3 Å². The van der Waals surface area contributed by atoms with Crippen LogP contribution >= 0.6 is 0 Å². The first-order valence-electron chi connectivity index (χ1n) is 8.78. The molecule has 0 bridgehead atoms. The largest absolute Gasteiger partial charge is 0.465 e. The van der Waals surface area contributed by atoms with E-state index in [1.54, 1.807) is 35.2 Å². The number of esters is 1. The first-order chi connectivity index (χ1) is 13.6. The fourth-order valence-corrected chi connectivity index (χ4v) is 3.31. The van der Waals surface area contributed by atoms with Crippen LogP contribution in [0.4, 0.5) is 4.39 Å². The van der Waals surface area contributed by atoms with Gasteiger partial charge >= 0.3 is 5.97 Å². The highest BCUT2D eigenvalue weighted by molar-refractivity contribution is 5.98. The molecule has 0 fully saturated rings. The van der Waals surface area contributed by atoms with Gasteiger partial charge in [0, 0.05) is 23.2 Å². The van der Waals surface area contributed by atoms with Crippen LogP contribution in [0.15, 0.2) is 53.1 Å². The van der Waals surface area contributed by atoms with E-state index in [0.29, 0.717) is 42.1 Å². The highest BCUT2D eigenvalue weighted by atomic mass is 19.1. The van der Waals surface area contributed by atoms with E-state index in [4.69, 9.17) is 9.26 Å². The standard InChI is InChI=1S/C21H17FN2O4/c1-27-21(26)15-4-2-3-14(11-15)20(25)24-10-9-17-18(12-24)23-28-19(17)13-5-7-16(22)8-6-13/h2-8,11H,9-10,12H2,1H3. The van der Waals surface area contributed by atoms with Gasteiger partial charge in [-0.2, -0.15) is 0 Å². The Balaban J connectivity index is 1.56. The average molecular weight is 380 g/mol. The minimum atomic E-state index is -0.490. The molecule has 4 rings (SSSR count). The van der Waals surface area contributed by atoms with Crippen molar-refractivity contribution in [3.63, 3.8) is 0 Å². The van der Waals surface area contributed by atoms with Crippen LogP contribution in [0.1, 0.15) is 32.0 Å². The number of nitrogens with zero attached hydrogens (tertiary/aromatic N) is 2. The Labute approximate surface area is 160 Å². The monoisotopic (exact) mass is 380 g/mol. The molecule has 2 heterocycles. The molecule has 0 saturated carbocycles. The first-order valence-corrected chi connectivity index (χ1v) is 8.78. The molecule has 142 valence electrons. The second-order valence-electron chi connectivity index (χ2n) is 6.49. The smallest absolute Gasteiger partial charge is 0.337 e. The summed E-state index contributed by atoms with van der Waals surface area (Å²) in [4.78, 5) is 26.2. The molecule has 6 nitrogen and oxygen atoms in total.